The average molecular weight is 391 g/mol. The van der Waals surface area contributed by atoms with Crippen LogP contribution in [0.1, 0.15) is 35.6 Å². The number of benzene rings is 2. The van der Waals surface area contributed by atoms with E-state index in [0.29, 0.717) is 11.3 Å². The molecule has 0 saturated carbocycles. The minimum Gasteiger partial charge on any atom is -0.452 e. The summed E-state index contributed by atoms with van der Waals surface area (Å²) in [7, 11) is 0. The molecule has 148 valence electrons. The summed E-state index contributed by atoms with van der Waals surface area (Å²) in [6.45, 7) is 1.97. The van der Waals surface area contributed by atoms with Gasteiger partial charge in [-0.15, -0.1) is 0 Å². The molecule has 0 N–H and O–H groups in total. The molecule has 2 aliphatic rings. The van der Waals surface area contributed by atoms with E-state index in [-0.39, 0.29) is 24.5 Å². The van der Waals surface area contributed by atoms with Crippen LogP contribution in [0.25, 0.3) is 0 Å². The van der Waals surface area contributed by atoms with Gasteiger partial charge in [-0.25, -0.2) is 4.79 Å². The third kappa shape index (κ3) is 4.50. The van der Waals surface area contributed by atoms with Crippen LogP contribution in [-0.4, -0.2) is 36.3 Å². The normalized spacial score (nSPS) is 24.3. The van der Waals surface area contributed by atoms with E-state index in [2.05, 4.69) is 4.99 Å². The van der Waals surface area contributed by atoms with Crippen molar-refractivity contribution >= 4 is 17.5 Å². The SMILES string of the molecule is CC(CC(=O)c1ccccc1)=NC1=C[C@H]2O[C@@H](c3ccccc3)OC[C@H]2OC1=O. The molecule has 6 heteroatoms. The fourth-order valence-electron chi connectivity index (χ4n) is 3.29. The Bertz CT molecular complexity index is 952. The van der Waals surface area contributed by atoms with Crippen molar-refractivity contribution in [2.75, 3.05) is 6.61 Å². The summed E-state index contributed by atoms with van der Waals surface area (Å²) in [6.07, 6.45) is 0.289. The maximum absolute atomic E-state index is 12.3. The van der Waals surface area contributed by atoms with Gasteiger partial charge in [0, 0.05) is 23.3 Å². The van der Waals surface area contributed by atoms with Crippen LogP contribution in [0.2, 0.25) is 0 Å². The Morgan fingerprint density at radius 2 is 1.76 bits per heavy atom. The Kier molecular flexibility index (Phi) is 5.64. The maximum Gasteiger partial charge on any atom is 0.357 e. The van der Waals surface area contributed by atoms with Crippen molar-refractivity contribution in [3.05, 3.63) is 83.6 Å². The van der Waals surface area contributed by atoms with Crippen LogP contribution in [0.4, 0.5) is 0 Å². The zero-order chi connectivity index (χ0) is 20.2. The maximum atomic E-state index is 12.3. The monoisotopic (exact) mass is 391 g/mol. The lowest BCUT2D eigenvalue weighted by Crippen LogP contribution is -2.45. The van der Waals surface area contributed by atoms with E-state index in [1.807, 2.05) is 48.5 Å². The molecule has 0 bridgehead atoms. The second kappa shape index (κ2) is 8.51. The molecule has 0 aliphatic carbocycles. The third-order valence-electron chi connectivity index (χ3n) is 4.74. The molecule has 0 unspecified atom stereocenters. The largest absolute Gasteiger partial charge is 0.452 e. The standard InChI is InChI=1S/C23H21NO5/c1-15(12-19(25)16-8-4-2-5-9-16)24-18-13-20-21(28-22(18)26)14-27-23(29-20)17-10-6-3-7-11-17/h2-11,13,20-21,23H,12,14H2,1H3/t20-,21-,23+/m1/s1. The van der Waals surface area contributed by atoms with E-state index in [9.17, 15) is 9.59 Å². The molecular formula is C23H21NO5. The summed E-state index contributed by atoms with van der Waals surface area (Å²) in [5, 5.41) is 0. The summed E-state index contributed by atoms with van der Waals surface area (Å²) < 4.78 is 17.1. The molecule has 0 aromatic heterocycles. The Morgan fingerprint density at radius 3 is 2.48 bits per heavy atom. The number of nitrogens with zero attached hydrogens (tertiary/aromatic N) is 1. The summed E-state index contributed by atoms with van der Waals surface area (Å²) in [6, 6.07) is 18.6. The quantitative estimate of drug-likeness (QED) is 0.442. The number of ether oxygens (including phenoxy) is 3. The number of carbonyl (C=O) groups excluding carboxylic acids is 2. The zero-order valence-electron chi connectivity index (χ0n) is 16.0. The van der Waals surface area contributed by atoms with Crippen LogP contribution in [0.3, 0.4) is 0 Å². The van der Waals surface area contributed by atoms with Gasteiger partial charge in [0.2, 0.25) is 0 Å². The van der Waals surface area contributed by atoms with E-state index in [1.165, 1.54) is 0 Å². The second-order valence-electron chi connectivity index (χ2n) is 6.99. The smallest absolute Gasteiger partial charge is 0.357 e. The predicted molar refractivity (Wildman–Crippen MR) is 106 cm³/mol. The van der Waals surface area contributed by atoms with Gasteiger partial charge in [0.1, 0.15) is 11.8 Å². The number of ketones is 1. The van der Waals surface area contributed by atoms with E-state index >= 15 is 0 Å². The molecule has 4 rings (SSSR count). The molecular weight excluding hydrogens is 370 g/mol. The van der Waals surface area contributed by atoms with Gasteiger partial charge < -0.3 is 14.2 Å². The predicted octanol–water partition coefficient (Wildman–Crippen LogP) is 3.64. The van der Waals surface area contributed by atoms with Crippen molar-refractivity contribution in [1.82, 2.24) is 0 Å². The zero-order valence-corrected chi connectivity index (χ0v) is 16.0. The Labute approximate surface area is 168 Å². The first-order valence-electron chi connectivity index (χ1n) is 9.47. The first-order valence-corrected chi connectivity index (χ1v) is 9.47. The number of esters is 1. The van der Waals surface area contributed by atoms with E-state index in [4.69, 9.17) is 14.2 Å². The van der Waals surface area contributed by atoms with Crippen molar-refractivity contribution < 1.29 is 23.8 Å². The first kappa shape index (κ1) is 19.2. The fourth-order valence-corrected chi connectivity index (χ4v) is 3.29. The summed E-state index contributed by atoms with van der Waals surface area (Å²) >= 11 is 0. The fraction of sp³-hybridized carbons (Fsp3) is 0.261. The lowest BCUT2D eigenvalue weighted by molar-refractivity contribution is -0.252. The number of carbonyl (C=O) groups is 2. The highest BCUT2D eigenvalue weighted by molar-refractivity contribution is 6.10. The van der Waals surface area contributed by atoms with Crippen LogP contribution < -0.4 is 0 Å². The van der Waals surface area contributed by atoms with Crippen LogP contribution in [0.5, 0.6) is 0 Å². The van der Waals surface area contributed by atoms with Crippen LogP contribution >= 0.6 is 0 Å². The van der Waals surface area contributed by atoms with E-state index < -0.39 is 24.5 Å². The highest BCUT2D eigenvalue weighted by Gasteiger charge is 2.38. The van der Waals surface area contributed by atoms with Crippen molar-refractivity contribution in [2.45, 2.75) is 31.8 Å². The average Bonchev–Trinajstić information content (AvgIpc) is 2.75. The number of aliphatic imine (C=N–C) groups is 1. The molecule has 2 aliphatic heterocycles. The van der Waals surface area contributed by atoms with Crippen LogP contribution in [0, 0.1) is 0 Å². The molecule has 29 heavy (non-hydrogen) atoms. The van der Waals surface area contributed by atoms with Gasteiger partial charge >= 0.3 is 5.97 Å². The van der Waals surface area contributed by atoms with Crippen molar-refractivity contribution in [3.8, 4) is 0 Å². The number of fused-ring (bicyclic) bond motifs is 1. The molecule has 6 nitrogen and oxygen atoms in total. The molecule has 2 aromatic rings. The molecule has 3 atom stereocenters. The van der Waals surface area contributed by atoms with Gasteiger partial charge in [0.25, 0.3) is 0 Å². The van der Waals surface area contributed by atoms with E-state index in [1.54, 1.807) is 25.1 Å². The minimum atomic E-state index is -0.539. The summed E-state index contributed by atoms with van der Waals surface area (Å²) in [5.74, 6) is -0.593. The van der Waals surface area contributed by atoms with Crippen molar-refractivity contribution in [3.63, 3.8) is 0 Å². The Hall–Kier alpha value is -3.09. The topological polar surface area (TPSA) is 74.2 Å². The van der Waals surface area contributed by atoms with Gasteiger partial charge in [-0.05, 0) is 13.0 Å². The first-order chi connectivity index (χ1) is 14.1. The lowest BCUT2D eigenvalue weighted by atomic mass is 10.1. The molecule has 2 heterocycles. The number of rotatable bonds is 5. The molecule has 0 spiro atoms. The Morgan fingerprint density at radius 1 is 1.07 bits per heavy atom. The highest BCUT2D eigenvalue weighted by atomic mass is 16.7. The van der Waals surface area contributed by atoms with Gasteiger partial charge in [-0.2, -0.15) is 0 Å². The van der Waals surface area contributed by atoms with Gasteiger partial charge in [0.15, 0.2) is 18.2 Å². The van der Waals surface area contributed by atoms with Crippen molar-refractivity contribution in [2.24, 2.45) is 4.99 Å². The van der Waals surface area contributed by atoms with Crippen LogP contribution in [-0.2, 0) is 19.0 Å². The molecule has 1 saturated heterocycles. The number of hydrogen-bond acceptors (Lipinski definition) is 6. The molecule has 0 radical (unpaired) electrons. The minimum absolute atomic E-state index is 0.0547. The number of Topliss-reactive ketones (excluding diaryl/α,β-unsaturated/α-hetero) is 1. The summed E-state index contributed by atoms with van der Waals surface area (Å²) in [5.41, 5.74) is 2.19. The molecule has 1 fully saturated rings. The Balaban J connectivity index is 1.48. The third-order valence-corrected chi connectivity index (χ3v) is 4.74. The second-order valence-corrected chi connectivity index (χ2v) is 6.99. The van der Waals surface area contributed by atoms with Gasteiger partial charge in [-0.1, -0.05) is 60.7 Å². The van der Waals surface area contributed by atoms with Crippen LogP contribution in [0.15, 0.2) is 77.4 Å². The molecule has 0 amide bonds. The lowest BCUT2D eigenvalue weighted by Gasteiger charge is -2.37. The van der Waals surface area contributed by atoms with E-state index in [0.717, 1.165) is 5.56 Å². The number of hydrogen-bond donors (Lipinski definition) is 0. The van der Waals surface area contributed by atoms with Crippen molar-refractivity contribution in [1.29, 1.82) is 0 Å². The molecule has 2 aromatic carbocycles. The highest BCUT2D eigenvalue weighted by Crippen LogP contribution is 2.31. The van der Waals surface area contributed by atoms with Gasteiger partial charge in [0.05, 0.1) is 6.61 Å². The summed E-state index contributed by atoms with van der Waals surface area (Å²) in [4.78, 5) is 29.0. The van der Waals surface area contributed by atoms with Gasteiger partial charge in [-0.3, -0.25) is 9.79 Å².